The average molecular weight is 369 g/mol. The van der Waals surface area contributed by atoms with Crippen LogP contribution in [0.15, 0.2) is 46.4 Å². The molecule has 0 radical (unpaired) electrons. The molecule has 2 aromatic rings. The van der Waals surface area contributed by atoms with Crippen LogP contribution in [0, 0.1) is 5.41 Å². The highest BCUT2D eigenvalue weighted by Crippen LogP contribution is 2.30. The third-order valence-electron chi connectivity index (χ3n) is 3.58. The first kappa shape index (κ1) is 18.0. The number of benzene rings is 1. The van der Waals surface area contributed by atoms with Gasteiger partial charge in [0, 0.05) is 17.7 Å². The fourth-order valence-electron chi connectivity index (χ4n) is 2.32. The summed E-state index contributed by atoms with van der Waals surface area (Å²) in [6.45, 7) is 7.26. The molecule has 3 rings (SSSR count). The Morgan fingerprint density at radius 3 is 2.50 bits per heavy atom. The number of rotatable bonds is 3. The SMILES string of the molecule is CC(=O)N(c1ccccc1)c1nc(/C=C2\N=C(C(C)(C)C)OC2=O)cs1. The predicted octanol–water partition coefficient (Wildman–Crippen LogP) is 4.17. The molecule has 0 fully saturated rings. The highest BCUT2D eigenvalue weighted by molar-refractivity contribution is 7.14. The van der Waals surface area contributed by atoms with Crippen molar-refractivity contribution in [1.29, 1.82) is 0 Å². The van der Waals surface area contributed by atoms with E-state index in [-0.39, 0.29) is 17.0 Å². The molecule has 1 aliphatic heterocycles. The molecular formula is C19H19N3O3S. The molecule has 26 heavy (non-hydrogen) atoms. The van der Waals surface area contributed by atoms with E-state index in [1.807, 2.05) is 51.1 Å². The fraction of sp³-hybridized carbons (Fsp3) is 0.263. The Kier molecular flexibility index (Phi) is 4.73. The smallest absolute Gasteiger partial charge is 0.363 e. The number of cyclic esters (lactones) is 1. The number of ether oxygens (including phenoxy) is 1. The lowest BCUT2D eigenvalue weighted by Gasteiger charge is -2.17. The summed E-state index contributed by atoms with van der Waals surface area (Å²) in [7, 11) is 0. The number of esters is 1. The van der Waals surface area contributed by atoms with Gasteiger partial charge in [0.05, 0.1) is 11.4 Å². The molecule has 0 unspecified atom stereocenters. The molecule has 1 aliphatic rings. The first-order valence-electron chi connectivity index (χ1n) is 8.10. The second-order valence-corrected chi connectivity index (χ2v) is 7.67. The number of aliphatic imine (C=N–C) groups is 1. The van der Waals surface area contributed by atoms with Crippen LogP contribution in [-0.4, -0.2) is 22.8 Å². The highest BCUT2D eigenvalue weighted by atomic mass is 32.1. The molecule has 0 atom stereocenters. The van der Waals surface area contributed by atoms with Gasteiger partial charge in [-0.15, -0.1) is 11.3 Å². The lowest BCUT2D eigenvalue weighted by Crippen LogP contribution is -2.22. The van der Waals surface area contributed by atoms with Gasteiger partial charge in [0.2, 0.25) is 11.8 Å². The Morgan fingerprint density at radius 1 is 1.23 bits per heavy atom. The molecule has 6 nitrogen and oxygen atoms in total. The van der Waals surface area contributed by atoms with Crippen LogP contribution in [0.2, 0.25) is 0 Å². The van der Waals surface area contributed by atoms with Crippen molar-refractivity contribution >= 4 is 46.0 Å². The molecule has 1 amide bonds. The summed E-state index contributed by atoms with van der Waals surface area (Å²) in [6.07, 6.45) is 1.57. The molecule has 0 saturated heterocycles. The van der Waals surface area contributed by atoms with Crippen molar-refractivity contribution in [2.45, 2.75) is 27.7 Å². The minimum absolute atomic E-state index is 0.141. The van der Waals surface area contributed by atoms with Crippen molar-refractivity contribution < 1.29 is 14.3 Å². The molecule has 0 spiro atoms. The van der Waals surface area contributed by atoms with E-state index in [0.29, 0.717) is 16.7 Å². The van der Waals surface area contributed by atoms with Gasteiger partial charge in [-0.05, 0) is 18.2 Å². The minimum atomic E-state index is -0.490. The summed E-state index contributed by atoms with van der Waals surface area (Å²) >= 11 is 1.32. The number of amides is 1. The predicted molar refractivity (Wildman–Crippen MR) is 102 cm³/mol. The molecule has 134 valence electrons. The summed E-state index contributed by atoms with van der Waals surface area (Å²) in [4.78, 5) is 34.4. The number of carbonyl (C=O) groups is 2. The van der Waals surface area contributed by atoms with E-state index in [9.17, 15) is 9.59 Å². The maximum Gasteiger partial charge on any atom is 0.363 e. The van der Waals surface area contributed by atoms with E-state index >= 15 is 0 Å². The summed E-state index contributed by atoms with van der Waals surface area (Å²) in [5.74, 6) is -0.243. The first-order valence-corrected chi connectivity index (χ1v) is 8.98. The van der Waals surface area contributed by atoms with Crippen LogP contribution in [0.5, 0.6) is 0 Å². The lowest BCUT2D eigenvalue weighted by molar-refractivity contribution is -0.130. The zero-order chi connectivity index (χ0) is 18.9. The second kappa shape index (κ2) is 6.84. The van der Waals surface area contributed by atoms with Crippen molar-refractivity contribution in [2.24, 2.45) is 10.4 Å². The summed E-state index contributed by atoms with van der Waals surface area (Å²) in [6, 6.07) is 9.29. The van der Waals surface area contributed by atoms with Crippen molar-refractivity contribution in [3.05, 3.63) is 47.1 Å². The molecule has 0 aliphatic carbocycles. The van der Waals surface area contributed by atoms with Crippen LogP contribution in [-0.2, 0) is 14.3 Å². The number of hydrogen-bond donors (Lipinski definition) is 0. The Balaban J connectivity index is 1.91. The molecule has 0 bridgehead atoms. The topological polar surface area (TPSA) is 71.9 Å². The normalized spacial score (nSPS) is 15.8. The van der Waals surface area contributed by atoms with Gasteiger partial charge < -0.3 is 4.74 Å². The van der Waals surface area contributed by atoms with Crippen LogP contribution in [0.1, 0.15) is 33.4 Å². The molecular weight excluding hydrogens is 350 g/mol. The molecule has 0 saturated carbocycles. The number of anilines is 2. The number of para-hydroxylation sites is 1. The summed E-state index contributed by atoms with van der Waals surface area (Å²) < 4.78 is 5.23. The number of hydrogen-bond acceptors (Lipinski definition) is 6. The lowest BCUT2D eigenvalue weighted by atomic mass is 9.97. The second-order valence-electron chi connectivity index (χ2n) is 6.83. The largest absolute Gasteiger partial charge is 0.406 e. The summed E-state index contributed by atoms with van der Waals surface area (Å²) in [5, 5.41) is 2.31. The van der Waals surface area contributed by atoms with Crippen molar-refractivity contribution in [1.82, 2.24) is 4.98 Å². The molecule has 1 aromatic heterocycles. The number of nitrogens with zero attached hydrogens (tertiary/aromatic N) is 3. The van der Waals surface area contributed by atoms with Crippen LogP contribution in [0.3, 0.4) is 0 Å². The van der Waals surface area contributed by atoms with Gasteiger partial charge in [-0.3, -0.25) is 9.69 Å². The summed E-state index contributed by atoms with van der Waals surface area (Å²) in [5.41, 5.74) is 1.15. The average Bonchev–Trinajstić information content (AvgIpc) is 3.16. The highest BCUT2D eigenvalue weighted by Gasteiger charge is 2.31. The van der Waals surface area contributed by atoms with E-state index in [1.165, 1.54) is 23.2 Å². The van der Waals surface area contributed by atoms with E-state index < -0.39 is 5.97 Å². The fourth-order valence-corrected chi connectivity index (χ4v) is 3.16. The van der Waals surface area contributed by atoms with Crippen molar-refractivity contribution in [3.63, 3.8) is 0 Å². The maximum absolute atomic E-state index is 12.1. The number of aromatic nitrogens is 1. The number of thiazole rings is 1. The Morgan fingerprint density at radius 2 is 1.92 bits per heavy atom. The van der Waals surface area contributed by atoms with E-state index in [2.05, 4.69) is 9.98 Å². The zero-order valence-electron chi connectivity index (χ0n) is 15.0. The minimum Gasteiger partial charge on any atom is -0.406 e. The van der Waals surface area contributed by atoms with Gasteiger partial charge in [0.1, 0.15) is 0 Å². The Hall–Kier alpha value is -2.80. The standard InChI is InChI=1S/C19H19N3O3S/c1-12(23)22(14-8-6-5-7-9-14)18-20-13(11-26-18)10-15-16(24)25-17(21-15)19(2,3)4/h5-11H,1-4H3/b15-10-. The molecule has 2 heterocycles. The Bertz CT molecular complexity index is 908. The van der Waals surface area contributed by atoms with Gasteiger partial charge in [-0.1, -0.05) is 39.0 Å². The number of carbonyl (C=O) groups excluding carboxylic acids is 2. The van der Waals surface area contributed by atoms with Crippen LogP contribution in [0.4, 0.5) is 10.8 Å². The molecule has 7 heteroatoms. The van der Waals surface area contributed by atoms with Crippen LogP contribution < -0.4 is 4.90 Å². The third kappa shape index (κ3) is 3.72. The first-order chi connectivity index (χ1) is 12.3. The molecule has 1 aromatic carbocycles. The van der Waals surface area contributed by atoms with Gasteiger partial charge in [0.25, 0.3) is 0 Å². The van der Waals surface area contributed by atoms with Gasteiger partial charge in [-0.25, -0.2) is 14.8 Å². The van der Waals surface area contributed by atoms with E-state index in [4.69, 9.17) is 4.74 Å². The Labute approximate surface area is 155 Å². The zero-order valence-corrected chi connectivity index (χ0v) is 15.8. The maximum atomic E-state index is 12.1. The van der Waals surface area contributed by atoms with Crippen molar-refractivity contribution in [3.8, 4) is 0 Å². The monoisotopic (exact) mass is 369 g/mol. The van der Waals surface area contributed by atoms with Crippen LogP contribution in [0.25, 0.3) is 6.08 Å². The van der Waals surface area contributed by atoms with E-state index in [1.54, 1.807) is 11.5 Å². The molecule has 0 N–H and O–H groups in total. The van der Waals surface area contributed by atoms with E-state index in [0.717, 1.165) is 5.69 Å². The van der Waals surface area contributed by atoms with Gasteiger partial charge >= 0.3 is 5.97 Å². The third-order valence-corrected chi connectivity index (χ3v) is 4.42. The van der Waals surface area contributed by atoms with Gasteiger partial charge in [0.15, 0.2) is 10.8 Å². The van der Waals surface area contributed by atoms with Crippen molar-refractivity contribution in [2.75, 3.05) is 4.90 Å². The van der Waals surface area contributed by atoms with Crippen LogP contribution >= 0.6 is 11.3 Å². The quantitative estimate of drug-likeness (QED) is 0.601. The van der Waals surface area contributed by atoms with Gasteiger partial charge in [-0.2, -0.15) is 0 Å².